The summed E-state index contributed by atoms with van der Waals surface area (Å²) in [5, 5.41) is 7.34. The molecular weight excluding hydrogens is 256 g/mol. The van der Waals surface area contributed by atoms with Crippen LogP contribution in [-0.2, 0) is 0 Å². The van der Waals surface area contributed by atoms with Crippen LogP contribution in [0.4, 0.5) is 5.69 Å². The minimum Gasteiger partial charge on any atom is -0.495 e. The molecule has 0 saturated heterocycles. The number of ether oxygens (including phenoxy) is 1. The molecule has 19 heavy (non-hydrogen) atoms. The van der Waals surface area contributed by atoms with E-state index in [0.717, 1.165) is 11.4 Å². The summed E-state index contributed by atoms with van der Waals surface area (Å²) < 4.78 is 5.31. The highest BCUT2D eigenvalue weighted by atomic mass is 32.1. The Morgan fingerprint density at radius 3 is 2.74 bits per heavy atom. The third-order valence-electron chi connectivity index (χ3n) is 3.78. The lowest BCUT2D eigenvalue weighted by molar-refractivity contribution is 0.309. The Kier molecular flexibility index (Phi) is 5.02. The normalized spacial score (nSPS) is 22.6. The van der Waals surface area contributed by atoms with Crippen molar-refractivity contribution in [2.24, 2.45) is 5.92 Å². The first kappa shape index (κ1) is 14.1. The molecule has 4 heteroatoms. The van der Waals surface area contributed by atoms with Crippen LogP contribution in [0.1, 0.15) is 32.6 Å². The van der Waals surface area contributed by atoms with E-state index in [1.165, 1.54) is 25.7 Å². The third-order valence-corrected chi connectivity index (χ3v) is 4.00. The Hall–Kier alpha value is -1.29. The van der Waals surface area contributed by atoms with Crippen molar-refractivity contribution in [1.82, 2.24) is 5.32 Å². The van der Waals surface area contributed by atoms with Crippen LogP contribution in [0.5, 0.6) is 5.75 Å². The van der Waals surface area contributed by atoms with Crippen LogP contribution < -0.4 is 15.4 Å². The highest BCUT2D eigenvalue weighted by Crippen LogP contribution is 2.25. The monoisotopic (exact) mass is 278 g/mol. The van der Waals surface area contributed by atoms with Crippen LogP contribution in [0.3, 0.4) is 0 Å². The summed E-state index contributed by atoms with van der Waals surface area (Å²) in [5.41, 5.74) is 0.908. The Bertz CT molecular complexity index is 436. The van der Waals surface area contributed by atoms with Crippen molar-refractivity contribution in [3.05, 3.63) is 24.3 Å². The molecule has 0 radical (unpaired) electrons. The molecule has 0 amide bonds. The largest absolute Gasteiger partial charge is 0.495 e. The van der Waals surface area contributed by atoms with Crippen LogP contribution in [0, 0.1) is 5.92 Å². The fourth-order valence-corrected chi connectivity index (χ4v) is 2.87. The topological polar surface area (TPSA) is 33.3 Å². The second-order valence-corrected chi connectivity index (χ2v) is 5.58. The fraction of sp³-hybridized carbons (Fsp3) is 0.533. The van der Waals surface area contributed by atoms with Crippen molar-refractivity contribution in [3.63, 3.8) is 0 Å². The summed E-state index contributed by atoms with van der Waals surface area (Å²) in [6.45, 7) is 2.29. The average molecular weight is 278 g/mol. The molecule has 2 atom stereocenters. The number of nitrogens with one attached hydrogen (secondary N) is 2. The van der Waals surface area contributed by atoms with E-state index >= 15 is 0 Å². The van der Waals surface area contributed by atoms with Gasteiger partial charge < -0.3 is 15.4 Å². The highest BCUT2D eigenvalue weighted by Gasteiger charge is 2.21. The second kappa shape index (κ2) is 6.75. The third kappa shape index (κ3) is 3.83. The maximum absolute atomic E-state index is 5.40. The number of para-hydroxylation sites is 2. The molecule has 1 saturated carbocycles. The second-order valence-electron chi connectivity index (χ2n) is 5.17. The molecule has 0 bridgehead atoms. The highest BCUT2D eigenvalue weighted by molar-refractivity contribution is 7.80. The van der Waals surface area contributed by atoms with Crippen LogP contribution in [0.2, 0.25) is 0 Å². The van der Waals surface area contributed by atoms with Crippen molar-refractivity contribution in [2.45, 2.75) is 38.6 Å². The Balaban J connectivity index is 1.93. The number of hydrogen-bond acceptors (Lipinski definition) is 2. The molecule has 0 aromatic heterocycles. The van der Waals surface area contributed by atoms with Gasteiger partial charge in [-0.3, -0.25) is 0 Å². The molecule has 1 aromatic rings. The van der Waals surface area contributed by atoms with Gasteiger partial charge in [-0.2, -0.15) is 0 Å². The Labute approximate surface area is 120 Å². The standard InChI is InChI=1S/C15H22N2OS/c1-11-7-3-4-8-12(11)16-15(19)17-13-9-5-6-10-14(13)18-2/h5-6,9-12H,3-4,7-8H2,1-2H3,(H2,16,17,19). The van der Waals surface area contributed by atoms with E-state index in [-0.39, 0.29) is 0 Å². The van der Waals surface area contributed by atoms with Gasteiger partial charge in [-0.1, -0.05) is 31.9 Å². The van der Waals surface area contributed by atoms with E-state index in [4.69, 9.17) is 17.0 Å². The van der Waals surface area contributed by atoms with Gasteiger partial charge in [0.05, 0.1) is 12.8 Å². The molecule has 2 rings (SSSR count). The minimum atomic E-state index is 0.489. The van der Waals surface area contributed by atoms with E-state index in [1.54, 1.807) is 7.11 Å². The van der Waals surface area contributed by atoms with E-state index in [2.05, 4.69) is 17.6 Å². The molecule has 2 unspecified atom stereocenters. The molecule has 1 aliphatic carbocycles. The van der Waals surface area contributed by atoms with Crippen molar-refractivity contribution < 1.29 is 4.74 Å². The molecule has 1 fully saturated rings. The van der Waals surface area contributed by atoms with Crippen molar-refractivity contribution in [3.8, 4) is 5.75 Å². The first-order valence-corrected chi connectivity index (χ1v) is 7.32. The van der Waals surface area contributed by atoms with Crippen molar-refractivity contribution in [2.75, 3.05) is 12.4 Å². The number of methoxy groups -OCH3 is 1. The molecule has 3 nitrogen and oxygen atoms in total. The first-order valence-electron chi connectivity index (χ1n) is 6.91. The molecule has 104 valence electrons. The van der Waals surface area contributed by atoms with E-state index in [0.29, 0.717) is 17.1 Å². The molecule has 0 aliphatic heterocycles. The molecule has 1 aliphatic rings. The van der Waals surface area contributed by atoms with Gasteiger partial charge in [0.15, 0.2) is 5.11 Å². The summed E-state index contributed by atoms with van der Waals surface area (Å²) in [7, 11) is 1.67. The number of anilines is 1. The Morgan fingerprint density at radius 2 is 2.00 bits per heavy atom. The minimum absolute atomic E-state index is 0.489. The Morgan fingerprint density at radius 1 is 1.26 bits per heavy atom. The summed E-state index contributed by atoms with van der Waals surface area (Å²) in [6, 6.07) is 8.30. The van der Waals surface area contributed by atoms with Gasteiger partial charge in [0.1, 0.15) is 5.75 Å². The zero-order valence-corrected chi connectivity index (χ0v) is 12.4. The van der Waals surface area contributed by atoms with Gasteiger partial charge in [0.2, 0.25) is 0 Å². The van der Waals surface area contributed by atoms with E-state index < -0.39 is 0 Å². The smallest absolute Gasteiger partial charge is 0.171 e. The van der Waals surface area contributed by atoms with Crippen molar-refractivity contribution >= 4 is 23.0 Å². The van der Waals surface area contributed by atoms with Crippen LogP contribution in [-0.4, -0.2) is 18.3 Å². The predicted molar refractivity (Wildman–Crippen MR) is 83.8 cm³/mol. The van der Waals surface area contributed by atoms with Gasteiger partial charge in [-0.05, 0) is 43.1 Å². The fourth-order valence-electron chi connectivity index (χ4n) is 2.61. The summed E-state index contributed by atoms with van der Waals surface area (Å²) in [5.74, 6) is 1.49. The average Bonchev–Trinajstić information content (AvgIpc) is 2.42. The number of rotatable bonds is 3. The molecular formula is C15H22N2OS. The molecule has 0 heterocycles. The van der Waals surface area contributed by atoms with E-state index in [1.807, 2.05) is 24.3 Å². The van der Waals surface area contributed by atoms with Gasteiger partial charge in [0, 0.05) is 6.04 Å². The summed E-state index contributed by atoms with van der Waals surface area (Å²) in [6.07, 6.45) is 5.12. The van der Waals surface area contributed by atoms with Crippen molar-refractivity contribution in [1.29, 1.82) is 0 Å². The maximum Gasteiger partial charge on any atom is 0.171 e. The molecule has 2 N–H and O–H groups in total. The lowest BCUT2D eigenvalue weighted by Crippen LogP contribution is -2.43. The zero-order valence-electron chi connectivity index (χ0n) is 11.6. The molecule has 0 spiro atoms. The van der Waals surface area contributed by atoms with Crippen LogP contribution in [0.15, 0.2) is 24.3 Å². The first-order chi connectivity index (χ1) is 9.20. The van der Waals surface area contributed by atoms with Gasteiger partial charge in [-0.25, -0.2) is 0 Å². The lowest BCUT2D eigenvalue weighted by atomic mass is 9.86. The molecule has 1 aromatic carbocycles. The number of hydrogen-bond donors (Lipinski definition) is 2. The van der Waals surface area contributed by atoms with Gasteiger partial charge >= 0.3 is 0 Å². The van der Waals surface area contributed by atoms with E-state index in [9.17, 15) is 0 Å². The maximum atomic E-state index is 5.40. The van der Waals surface area contributed by atoms with Crippen LogP contribution in [0.25, 0.3) is 0 Å². The summed E-state index contributed by atoms with van der Waals surface area (Å²) in [4.78, 5) is 0. The zero-order chi connectivity index (χ0) is 13.7. The van der Waals surface area contributed by atoms with Gasteiger partial charge in [-0.15, -0.1) is 0 Å². The van der Waals surface area contributed by atoms with Gasteiger partial charge in [0.25, 0.3) is 0 Å². The quantitative estimate of drug-likeness (QED) is 0.828. The number of thiocarbonyl (C=S) groups is 1. The summed E-state index contributed by atoms with van der Waals surface area (Å²) >= 11 is 5.40. The SMILES string of the molecule is COc1ccccc1NC(=S)NC1CCCCC1C. The predicted octanol–water partition coefficient (Wildman–Crippen LogP) is 3.56. The van der Waals surface area contributed by atoms with Crippen LogP contribution >= 0.6 is 12.2 Å². The lowest BCUT2D eigenvalue weighted by Gasteiger charge is -2.30. The number of benzene rings is 1.